The first-order valence-electron chi connectivity index (χ1n) is 36.0. The van der Waals surface area contributed by atoms with Crippen LogP contribution in [0.4, 0.5) is 0 Å². The molecule has 0 fully saturated rings. The smallest absolute Gasteiger partial charge is 0.306 e. The third kappa shape index (κ3) is 73.2. The van der Waals surface area contributed by atoms with Crippen molar-refractivity contribution in [1.29, 1.82) is 0 Å². The summed E-state index contributed by atoms with van der Waals surface area (Å²) in [4.78, 5) is 24.7. The molecular formula is C83H132O5. The highest BCUT2D eigenvalue weighted by Crippen LogP contribution is 2.16. The average molecular weight is 1210 g/mol. The van der Waals surface area contributed by atoms with Crippen molar-refractivity contribution in [2.45, 2.75) is 302 Å². The number of aliphatic hydroxyl groups is 1. The van der Waals surface area contributed by atoms with Crippen molar-refractivity contribution in [2.24, 2.45) is 0 Å². The van der Waals surface area contributed by atoms with Crippen molar-refractivity contribution in [3.05, 3.63) is 194 Å². The van der Waals surface area contributed by atoms with E-state index in [-0.39, 0.29) is 25.2 Å². The fraction of sp³-hybridized carbons (Fsp3) is 0.590. The first-order valence-corrected chi connectivity index (χ1v) is 36.0. The summed E-state index contributed by atoms with van der Waals surface area (Å²) < 4.78 is 10.8. The van der Waals surface area contributed by atoms with Crippen LogP contribution in [0.1, 0.15) is 296 Å². The number of allylic oxidation sites excluding steroid dienone is 32. The topological polar surface area (TPSA) is 72.8 Å². The zero-order valence-electron chi connectivity index (χ0n) is 56.7. The third-order valence-electron chi connectivity index (χ3n) is 14.9. The van der Waals surface area contributed by atoms with E-state index in [1.807, 2.05) is 0 Å². The van der Waals surface area contributed by atoms with E-state index >= 15 is 0 Å². The van der Waals surface area contributed by atoms with E-state index in [1.165, 1.54) is 122 Å². The molecule has 0 aliphatic heterocycles. The summed E-state index contributed by atoms with van der Waals surface area (Å²) in [5.74, 6) is -0.603. The summed E-state index contributed by atoms with van der Waals surface area (Å²) in [6.45, 7) is 3.91. The summed E-state index contributed by atoms with van der Waals surface area (Å²) in [7, 11) is 0. The SMILES string of the molecule is CC/C=C\C/C=C\C/C=C\C/C=C\C/C=C\C/C=C\C/C=C\C/C=C\C/C=C\CCCCCCCCCCCC(=O)OC(CO)COC(=O)CCCCCCCCCCCCCCCCC/C=C\C/C=C\C/C=C\C/C=C\C/C=C\C/C=C\C/C=C\CC. The molecule has 0 aromatic heterocycles. The molecule has 88 heavy (non-hydrogen) atoms. The zero-order chi connectivity index (χ0) is 63.3. The first-order chi connectivity index (χ1) is 43.6. The Hall–Kier alpha value is -5.26. The van der Waals surface area contributed by atoms with Gasteiger partial charge in [0.25, 0.3) is 0 Å². The molecule has 0 aromatic rings. The maximum absolute atomic E-state index is 12.4. The lowest BCUT2D eigenvalue weighted by molar-refractivity contribution is -0.161. The summed E-state index contributed by atoms with van der Waals surface area (Å²) in [5, 5.41) is 9.71. The minimum absolute atomic E-state index is 0.0778. The van der Waals surface area contributed by atoms with E-state index in [9.17, 15) is 14.7 Å². The lowest BCUT2D eigenvalue weighted by Gasteiger charge is -2.15. The molecule has 0 aliphatic carbocycles. The molecule has 1 N–H and O–H groups in total. The van der Waals surface area contributed by atoms with Crippen LogP contribution in [0.5, 0.6) is 0 Å². The first kappa shape index (κ1) is 82.7. The van der Waals surface area contributed by atoms with Gasteiger partial charge >= 0.3 is 11.9 Å². The Morgan fingerprint density at radius 2 is 0.455 bits per heavy atom. The van der Waals surface area contributed by atoms with Gasteiger partial charge in [-0.1, -0.05) is 337 Å². The predicted octanol–water partition coefficient (Wildman–Crippen LogP) is 25.5. The van der Waals surface area contributed by atoms with Gasteiger partial charge in [0.15, 0.2) is 6.10 Å². The largest absolute Gasteiger partial charge is 0.462 e. The molecule has 494 valence electrons. The third-order valence-corrected chi connectivity index (χ3v) is 14.9. The standard InChI is InChI=1S/C83H132O5/c1-3-5-7-9-11-13-15-17-19-21-23-25-27-29-31-33-35-37-39-41-43-45-47-49-51-53-55-57-59-61-63-65-67-69-71-73-75-77-82(85)87-80-81(79-84)88-83(86)78-76-74-72-70-68-66-64-62-60-58-56-54-52-50-48-46-44-42-40-38-36-34-32-30-28-26-24-22-20-18-16-14-12-10-8-6-4-2/h5-8,11-14,17-20,23-26,29-32,35-38,41-44,48,50,54,56,81,84H,3-4,9-10,15-16,21-22,27-28,33-34,39-40,45-47,49,51-53,55,57-80H2,1-2H3/b7-5-,8-6-,13-11-,14-12-,19-17-,20-18-,25-23-,26-24-,31-29-,32-30-,37-35-,38-36-,43-41-,44-42-,50-48-,56-54-. The van der Waals surface area contributed by atoms with Crippen molar-refractivity contribution in [3.63, 3.8) is 0 Å². The predicted molar refractivity (Wildman–Crippen MR) is 389 cm³/mol. The minimum atomic E-state index is -0.790. The Kier molecular flexibility index (Phi) is 71.4. The van der Waals surface area contributed by atoms with Crippen LogP contribution in [-0.2, 0) is 19.1 Å². The van der Waals surface area contributed by atoms with Gasteiger partial charge in [0, 0.05) is 12.8 Å². The van der Waals surface area contributed by atoms with Gasteiger partial charge in [-0.15, -0.1) is 0 Å². The monoisotopic (exact) mass is 1210 g/mol. The van der Waals surface area contributed by atoms with Crippen molar-refractivity contribution >= 4 is 11.9 Å². The summed E-state index contributed by atoms with van der Waals surface area (Å²) in [6.07, 6.45) is 120. The van der Waals surface area contributed by atoms with E-state index in [0.717, 1.165) is 148 Å². The van der Waals surface area contributed by atoms with Gasteiger partial charge in [-0.3, -0.25) is 9.59 Å². The number of ether oxygens (including phenoxy) is 2. The number of aliphatic hydroxyl groups excluding tert-OH is 1. The number of unbranched alkanes of at least 4 members (excludes halogenated alkanes) is 24. The van der Waals surface area contributed by atoms with E-state index in [2.05, 4.69) is 208 Å². The summed E-state index contributed by atoms with van der Waals surface area (Å²) in [6, 6.07) is 0. The fourth-order valence-electron chi connectivity index (χ4n) is 9.59. The highest BCUT2D eigenvalue weighted by Gasteiger charge is 2.16. The second-order valence-corrected chi connectivity index (χ2v) is 23.2. The van der Waals surface area contributed by atoms with Gasteiger partial charge in [-0.25, -0.2) is 0 Å². The van der Waals surface area contributed by atoms with E-state index in [1.54, 1.807) is 0 Å². The second-order valence-electron chi connectivity index (χ2n) is 23.2. The molecule has 0 aromatic carbocycles. The molecule has 0 rings (SSSR count). The Morgan fingerprint density at radius 3 is 0.682 bits per heavy atom. The highest BCUT2D eigenvalue weighted by molar-refractivity contribution is 5.70. The molecule has 0 saturated heterocycles. The van der Waals surface area contributed by atoms with Crippen molar-refractivity contribution in [3.8, 4) is 0 Å². The molecule has 5 nitrogen and oxygen atoms in total. The fourth-order valence-corrected chi connectivity index (χ4v) is 9.59. The molecule has 0 amide bonds. The number of hydrogen-bond donors (Lipinski definition) is 1. The summed E-state index contributed by atoms with van der Waals surface area (Å²) >= 11 is 0. The Balaban J connectivity index is 3.56. The van der Waals surface area contributed by atoms with Gasteiger partial charge in [-0.05, 0) is 141 Å². The van der Waals surface area contributed by atoms with E-state index in [0.29, 0.717) is 12.8 Å². The number of rotatable bonds is 64. The Bertz CT molecular complexity index is 2000. The second kappa shape index (κ2) is 76.0. The molecule has 0 spiro atoms. The van der Waals surface area contributed by atoms with Crippen molar-refractivity contribution in [2.75, 3.05) is 13.2 Å². The zero-order valence-corrected chi connectivity index (χ0v) is 56.7. The molecule has 1 atom stereocenters. The van der Waals surface area contributed by atoms with Crippen LogP contribution >= 0.6 is 0 Å². The Morgan fingerprint density at radius 1 is 0.261 bits per heavy atom. The molecule has 0 aliphatic rings. The highest BCUT2D eigenvalue weighted by atomic mass is 16.6. The molecule has 0 heterocycles. The van der Waals surface area contributed by atoms with Crippen LogP contribution in [0.15, 0.2) is 194 Å². The maximum atomic E-state index is 12.4. The molecule has 5 heteroatoms. The normalized spacial score (nSPS) is 13.4. The molecule has 0 bridgehead atoms. The summed E-state index contributed by atoms with van der Waals surface area (Å²) in [5.41, 5.74) is 0. The number of carbonyl (C=O) groups is 2. The van der Waals surface area contributed by atoms with E-state index in [4.69, 9.17) is 9.47 Å². The van der Waals surface area contributed by atoms with Gasteiger partial charge in [0.2, 0.25) is 0 Å². The van der Waals surface area contributed by atoms with Crippen molar-refractivity contribution < 1.29 is 24.2 Å². The van der Waals surface area contributed by atoms with Crippen LogP contribution in [0.25, 0.3) is 0 Å². The molecular weight excluding hydrogens is 1080 g/mol. The van der Waals surface area contributed by atoms with Crippen LogP contribution in [0, 0.1) is 0 Å². The molecule has 0 radical (unpaired) electrons. The van der Waals surface area contributed by atoms with Crippen LogP contribution in [0.2, 0.25) is 0 Å². The van der Waals surface area contributed by atoms with E-state index < -0.39 is 6.10 Å². The van der Waals surface area contributed by atoms with Crippen LogP contribution in [-0.4, -0.2) is 36.4 Å². The van der Waals surface area contributed by atoms with Crippen LogP contribution < -0.4 is 0 Å². The quantitative estimate of drug-likeness (QED) is 0.0373. The lowest BCUT2D eigenvalue weighted by atomic mass is 10.0. The molecule has 1 unspecified atom stereocenters. The van der Waals surface area contributed by atoms with Crippen LogP contribution in [0.3, 0.4) is 0 Å². The van der Waals surface area contributed by atoms with Gasteiger partial charge in [0.05, 0.1) is 6.61 Å². The number of esters is 2. The maximum Gasteiger partial charge on any atom is 0.306 e. The van der Waals surface area contributed by atoms with Gasteiger partial charge in [-0.2, -0.15) is 0 Å². The Labute approximate surface area is 543 Å². The molecule has 0 saturated carbocycles. The number of carbonyl (C=O) groups excluding carboxylic acids is 2. The lowest BCUT2D eigenvalue weighted by Crippen LogP contribution is -2.28. The average Bonchev–Trinajstić information content (AvgIpc) is 3.55. The number of hydrogen-bond acceptors (Lipinski definition) is 5. The van der Waals surface area contributed by atoms with Crippen molar-refractivity contribution in [1.82, 2.24) is 0 Å². The van der Waals surface area contributed by atoms with Gasteiger partial charge < -0.3 is 14.6 Å². The van der Waals surface area contributed by atoms with Gasteiger partial charge in [0.1, 0.15) is 6.61 Å². The minimum Gasteiger partial charge on any atom is -0.462 e.